The third-order valence-electron chi connectivity index (χ3n) is 5.73. The average Bonchev–Trinajstić information content (AvgIpc) is 3.21. The van der Waals surface area contributed by atoms with Gasteiger partial charge >= 0.3 is 5.97 Å². The van der Waals surface area contributed by atoms with Crippen LogP contribution in [0.3, 0.4) is 0 Å². The molecule has 0 atom stereocenters. The van der Waals surface area contributed by atoms with E-state index in [9.17, 15) is 9.59 Å². The lowest BCUT2D eigenvalue weighted by Gasteiger charge is -2.21. The van der Waals surface area contributed by atoms with Crippen LogP contribution in [0.25, 0.3) is 11.8 Å². The Labute approximate surface area is 216 Å². The van der Waals surface area contributed by atoms with Gasteiger partial charge in [-0.2, -0.15) is 0 Å². The summed E-state index contributed by atoms with van der Waals surface area (Å²) in [6, 6.07) is 21.9. The first kappa shape index (κ1) is 25.3. The van der Waals surface area contributed by atoms with Crippen molar-refractivity contribution >= 4 is 40.9 Å². The van der Waals surface area contributed by atoms with Crippen LogP contribution in [0.4, 0.5) is 5.69 Å². The molecule has 6 heteroatoms. The third kappa shape index (κ3) is 5.86. The van der Waals surface area contributed by atoms with Gasteiger partial charge in [0.15, 0.2) is 0 Å². The summed E-state index contributed by atoms with van der Waals surface area (Å²) in [5, 5.41) is 0.617. The van der Waals surface area contributed by atoms with E-state index in [1.807, 2.05) is 62.4 Å². The number of rotatable bonds is 9. The summed E-state index contributed by atoms with van der Waals surface area (Å²) in [5.41, 5.74) is 4.12. The van der Waals surface area contributed by atoms with Gasteiger partial charge < -0.3 is 9.47 Å². The second-order valence-corrected chi connectivity index (χ2v) is 8.75. The van der Waals surface area contributed by atoms with E-state index in [4.69, 9.17) is 21.1 Å². The van der Waals surface area contributed by atoms with Crippen molar-refractivity contribution < 1.29 is 19.1 Å². The minimum absolute atomic E-state index is 0.160. The van der Waals surface area contributed by atoms with Crippen molar-refractivity contribution in [3.05, 3.63) is 106 Å². The van der Waals surface area contributed by atoms with Crippen LogP contribution in [0.2, 0.25) is 5.02 Å². The Balaban J connectivity index is 1.65. The van der Waals surface area contributed by atoms with Crippen LogP contribution in [0.1, 0.15) is 48.2 Å². The van der Waals surface area contributed by atoms with Crippen LogP contribution in [0.5, 0.6) is 5.75 Å². The molecule has 1 amide bonds. The highest BCUT2D eigenvalue weighted by Gasteiger charge is 2.30. The van der Waals surface area contributed by atoms with E-state index in [1.165, 1.54) is 0 Å². The zero-order valence-electron chi connectivity index (χ0n) is 20.4. The number of nitrogens with zero attached hydrogens (tertiary/aromatic N) is 1. The molecule has 0 unspecified atom stereocenters. The van der Waals surface area contributed by atoms with Crippen molar-refractivity contribution in [3.8, 4) is 5.75 Å². The van der Waals surface area contributed by atoms with Crippen molar-refractivity contribution in [2.24, 2.45) is 0 Å². The maximum atomic E-state index is 13.6. The topological polar surface area (TPSA) is 55.8 Å². The van der Waals surface area contributed by atoms with Gasteiger partial charge in [0.2, 0.25) is 0 Å². The Bertz CT molecular complexity index is 1280. The molecule has 0 fully saturated rings. The van der Waals surface area contributed by atoms with Crippen LogP contribution in [0.15, 0.2) is 84.4 Å². The van der Waals surface area contributed by atoms with Crippen LogP contribution in [-0.2, 0) is 9.53 Å². The fourth-order valence-electron chi connectivity index (χ4n) is 3.85. The molecule has 0 saturated heterocycles. The normalized spacial score (nSPS) is 14.2. The lowest BCUT2D eigenvalue weighted by Crippen LogP contribution is -2.25. The maximum Gasteiger partial charge on any atom is 0.338 e. The number of amides is 1. The number of anilines is 1. The van der Waals surface area contributed by atoms with Crippen molar-refractivity contribution in [1.29, 1.82) is 0 Å². The first-order chi connectivity index (χ1) is 17.5. The minimum atomic E-state index is -0.368. The first-order valence-electron chi connectivity index (χ1n) is 12.0. The third-order valence-corrected chi connectivity index (χ3v) is 5.98. The predicted molar refractivity (Wildman–Crippen MR) is 144 cm³/mol. The van der Waals surface area contributed by atoms with E-state index < -0.39 is 0 Å². The Kier molecular flexibility index (Phi) is 8.24. The summed E-state index contributed by atoms with van der Waals surface area (Å²) in [6.45, 7) is 4.97. The van der Waals surface area contributed by atoms with E-state index in [1.54, 1.807) is 41.3 Å². The molecule has 0 N–H and O–H groups in total. The molecule has 0 spiro atoms. The molecule has 36 heavy (non-hydrogen) atoms. The van der Waals surface area contributed by atoms with Gasteiger partial charge in [-0.1, -0.05) is 49.2 Å². The molecule has 184 valence electrons. The number of esters is 1. The number of benzene rings is 3. The largest absolute Gasteiger partial charge is 0.494 e. The van der Waals surface area contributed by atoms with E-state index in [-0.39, 0.29) is 11.9 Å². The molecule has 3 aromatic carbocycles. The molecule has 1 aliphatic heterocycles. The predicted octanol–water partition coefficient (Wildman–Crippen LogP) is 7.17. The van der Waals surface area contributed by atoms with Crippen LogP contribution in [-0.4, -0.2) is 25.1 Å². The molecule has 5 nitrogen and oxygen atoms in total. The van der Waals surface area contributed by atoms with E-state index in [2.05, 4.69) is 0 Å². The highest BCUT2D eigenvalue weighted by atomic mass is 35.5. The molecule has 1 heterocycles. The molecular weight excluding hydrogens is 474 g/mol. The number of unbranched alkanes of at least 4 members (excludes halogenated alkanes) is 1. The summed E-state index contributed by atoms with van der Waals surface area (Å²) in [6.07, 6.45) is 5.50. The second-order valence-electron chi connectivity index (χ2n) is 8.32. The van der Waals surface area contributed by atoms with E-state index in [0.29, 0.717) is 35.1 Å². The fraction of sp³-hybridized carbons (Fsp3) is 0.200. The van der Waals surface area contributed by atoms with Crippen LogP contribution >= 0.6 is 11.6 Å². The Morgan fingerprint density at radius 3 is 2.28 bits per heavy atom. The zero-order valence-corrected chi connectivity index (χ0v) is 21.1. The second kappa shape index (κ2) is 11.7. The van der Waals surface area contributed by atoms with E-state index in [0.717, 1.165) is 35.4 Å². The Hall–Kier alpha value is -3.83. The smallest absolute Gasteiger partial charge is 0.338 e. The van der Waals surface area contributed by atoms with Gasteiger partial charge in [0, 0.05) is 16.3 Å². The van der Waals surface area contributed by atoms with Gasteiger partial charge in [-0.15, -0.1) is 0 Å². The van der Waals surface area contributed by atoms with Gasteiger partial charge in [0.1, 0.15) is 5.75 Å². The summed E-state index contributed by atoms with van der Waals surface area (Å²) < 4.78 is 10.8. The summed E-state index contributed by atoms with van der Waals surface area (Å²) >= 11 is 6.10. The molecule has 0 aliphatic carbocycles. The highest BCUT2D eigenvalue weighted by Crippen LogP contribution is 2.36. The van der Waals surface area contributed by atoms with Gasteiger partial charge in [0.25, 0.3) is 5.91 Å². The van der Waals surface area contributed by atoms with Gasteiger partial charge in [-0.05, 0) is 85.2 Å². The lowest BCUT2D eigenvalue weighted by molar-refractivity contribution is -0.113. The summed E-state index contributed by atoms with van der Waals surface area (Å²) in [7, 11) is 0. The van der Waals surface area contributed by atoms with E-state index >= 15 is 0 Å². The number of halogens is 1. The van der Waals surface area contributed by atoms with Gasteiger partial charge in [-0.25, -0.2) is 4.79 Å². The van der Waals surface area contributed by atoms with Crippen LogP contribution in [0, 0.1) is 0 Å². The zero-order chi connectivity index (χ0) is 25.5. The van der Waals surface area contributed by atoms with Gasteiger partial charge in [0.05, 0.1) is 24.5 Å². The number of hydrogen-bond acceptors (Lipinski definition) is 4. The fourth-order valence-corrected chi connectivity index (χ4v) is 3.98. The molecule has 0 saturated carbocycles. The standard InChI is InChI=1S/C30H28ClNO4/c1-3-5-18-36-30(34)23-10-14-26(15-11-23)32-28(22-8-12-25(31)13-9-22)20-24(29(32)33)19-21-6-16-27(17-7-21)35-4-2/h6-17,19-20H,3-5,18H2,1-2H3/b24-19+. The molecule has 3 aromatic rings. The van der Waals surface area contributed by atoms with Crippen molar-refractivity contribution in [3.63, 3.8) is 0 Å². The monoisotopic (exact) mass is 501 g/mol. The van der Waals surface area contributed by atoms with Gasteiger partial charge in [-0.3, -0.25) is 9.69 Å². The quantitative estimate of drug-likeness (QED) is 0.177. The molecule has 1 aliphatic rings. The number of ether oxygens (including phenoxy) is 2. The SMILES string of the molecule is CCCCOC(=O)c1ccc(N2C(=O)/C(=C/c3ccc(OCC)cc3)C=C2c2ccc(Cl)cc2)cc1. The molecule has 0 radical (unpaired) electrons. The Morgan fingerprint density at radius 1 is 0.944 bits per heavy atom. The van der Waals surface area contributed by atoms with Crippen molar-refractivity contribution in [2.75, 3.05) is 18.1 Å². The number of hydrogen-bond donors (Lipinski definition) is 0. The molecule has 0 bridgehead atoms. The summed E-state index contributed by atoms with van der Waals surface area (Å²) in [4.78, 5) is 27.5. The highest BCUT2D eigenvalue weighted by molar-refractivity contribution is 6.30. The van der Waals surface area contributed by atoms with Crippen molar-refractivity contribution in [2.45, 2.75) is 26.7 Å². The van der Waals surface area contributed by atoms with Crippen molar-refractivity contribution in [1.82, 2.24) is 0 Å². The molecular formula is C30H28ClNO4. The number of carbonyl (C=O) groups is 2. The lowest BCUT2D eigenvalue weighted by atomic mass is 10.1. The molecule has 0 aromatic heterocycles. The summed E-state index contributed by atoms with van der Waals surface area (Å²) in [5.74, 6) is 0.254. The molecule has 4 rings (SSSR count). The minimum Gasteiger partial charge on any atom is -0.494 e. The first-order valence-corrected chi connectivity index (χ1v) is 12.4. The maximum absolute atomic E-state index is 13.6. The average molecular weight is 502 g/mol. The van der Waals surface area contributed by atoms with Crippen LogP contribution < -0.4 is 9.64 Å². The number of carbonyl (C=O) groups excluding carboxylic acids is 2. The Morgan fingerprint density at radius 2 is 1.64 bits per heavy atom.